The molecular weight excluding hydrogens is 466 g/mol. The van der Waals surface area contributed by atoms with Crippen LogP contribution < -0.4 is 10.9 Å². The number of aromatic nitrogens is 2. The fraction of sp³-hybridized carbons (Fsp3) is 0.367. The van der Waals surface area contributed by atoms with Gasteiger partial charge in [0.1, 0.15) is 11.4 Å². The van der Waals surface area contributed by atoms with Gasteiger partial charge in [-0.05, 0) is 65.3 Å². The third kappa shape index (κ3) is 4.62. The van der Waals surface area contributed by atoms with E-state index in [-0.39, 0.29) is 29.8 Å². The number of thiophene rings is 1. The number of fused-ring (bicyclic) bond motifs is 2. The van der Waals surface area contributed by atoms with E-state index in [0.717, 1.165) is 40.8 Å². The summed E-state index contributed by atoms with van der Waals surface area (Å²) in [5, 5.41) is 5.73. The maximum atomic E-state index is 13.6. The molecular formula is C30H33N3O2S. The molecule has 2 aromatic carbocycles. The Morgan fingerprint density at radius 3 is 2.42 bits per heavy atom. The Hall–Kier alpha value is -3.25. The molecule has 0 spiro atoms. The van der Waals surface area contributed by atoms with E-state index < -0.39 is 0 Å². The Balaban J connectivity index is 1.47. The predicted molar refractivity (Wildman–Crippen MR) is 149 cm³/mol. The van der Waals surface area contributed by atoms with Gasteiger partial charge in [-0.1, -0.05) is 64.1 Å². The molecule has 0 radical (unpaired) electrons. The first kappa shape index (κ1) is 24.4. The molecule has 0 saturated heterocycles. The zero-order valence-corrected chi connectivity index (χ0v) is 22.2. The van der Waals surface area contributed by atoms with E-state index in [1.807, 2.05) is 11.4 Å². The molecule has 0 fully saturated rings. The van der Waals surface area contributed by atoms with Crippen LogP contribution in [0.2, 0.25) is 0 Å². The van der Waals surface area contributed by atoms with Gasteiger partial charge in [0.25, 0.3) is 5.56 Å². The summed E-state index contributed by atoms with van der Waals surface area (Å²) in [5.74, 6) is 0.313. The highest BCUT2D eigenvalue weighted by Crippen LogP contribution is 2.34. The number of amides is 1. The van der Waals surface area contributed by atoms with Gasteiger partial charge in [-0.2, -0.15) is 0 Å². The van der Waals surface area contributed by atoms with Crippen molar-refractivity contribution in [1.29, 1.82) is 0 Å². The maximum absolute atomic E-state index is 13.6. The maximum Gasteiger partial charge on any atom is 0.263 e. The van der Waals surface area contributed by atoms with Crippen LogP contribution in [0.3, 0.4) is 0 Å². The number of nitrogens with zero attached hydrogens (tertiary/aromatic N) is 2. The van der Waals surface area contributed by atoms with Gasteiger partial charge in [0.2, 0.25) is 5.91 Å². The number of carbonyl (C=O) groups excluding carboxylic acids is 1. The standard InChI is InChI=1S/C30H33N3O2S/c1-18(2)23-10-7-11-24(19(3)4)28(23)32-26(34)15-33-17-31-29-27(30(33)35)25(16-36-29)22-13-12-20-8-5-6-9-21(20)14-22/h7,10-14,16-19H,5-6,8-9,15H2,1-4H3,(H,32,34). The summed E-state index contributed by atoms with van der Waals surface area (Å²) in [4.78, 5) is 32.0. The van der Waals surface area contributed by atoms with Gasteiger partial charge in [-0.15, -0.1) is 11.3 Å². The summed E-state index contributed by atoms with van der Waals surface area (Å²) in [6.45, 7) is 8.41. The minimum Gasteiger partial charge on any atom is -0.324 e. The van der Waals surface area contributed by atoms with Crippen LogP contribution >= 0.6 is 11.3 Å². The summed E-state index contributed by atoms with van der Waals surface area (Å²) in [6.07, 6.45) is 6.16. The van der Waals surface area contributed by atoms with E-state index in [9.17, 15) is 9.59 Å². The van der Waals surface area contributed by atoms with Gasteiger partial charge in [0.15, 0.2) is 0 Å². The molecule has 0 saturated carbocycles. The minimum absolute atomic E-state index is 0.0782. The molecule has 36 heavy (non-hydrogen) atoms. The fourth-order valence-corrected chi connectivity index (χ4v) is 6.13. The Morgan fingerprint density at radius 2 is 1.72 bits per heavy atom. The highest BCUT2D eigenvalue weighted by atomic mass is 32.1. The number of carbonyl (C=O) groups is 1. The first-order valence-corrected chi connectivity index (χ1v) is 13.7. The van der Waals surface area contributed by atoms with Crippen LogP contribution in [0.1, 0.15) is 74.6 Å². The largest absolute Gasteiger partial charge is 0.324 e. The third-order valence-electron chi connectivity index (χ3n) is 7.17. The normalized spacial score (nSPS) is 13.4. The molecule has 1 aliphatic carbocycles. The number of anilines is 1. The number of hydrogen-bond donors (Lipinski definition) is 1. The lowest BCUT2D eigenvalue weighted by Gasteiger charge is -2.20. The number of para-hydroxylation sites is 1. The van der Waals surface area contributed by atoms with Crippen molar-refractivity contribution in [3.8, 4) is 11.1 Å². The molecule has 1 aliphatic rings. The van der Waals surface area contributed by atoms with E-state index in [1.54, 1.807) is 0 Å². The highest BCUT2D eigenvalue weighted by Gasteiger charge is 2.19. The second-order valence-corrected chi connectivity index (χ2v) is 11.2. The molecule has 0 unspecified atom stereocenters. The van der Waals surface area contributed by atoms with E-state index in [2.05, 4.69) is 68.3 Å². The average Bonchev–Trinajstić information content (AvgIpc) is 3.30. The van der Waals surface area contributed by atoms with Crippen molar-refractivity contribution in [1.82, 2.24) is 9.55 Å². The first-order valence-electron chi connectivity index (χ1n) is 12.8. The number of hydrogen-bond acceptors (Lipinski definition) is 4. The van der Waals surface area contributed by atoms with Crippen molar-refractivity contribution in [3.63, 3.8) is 0 Å². The molecule has 1 N–H and O–H groups in total. The van der Waals surface area contributed by atoms with Crippen LogP contribution in [0.5, 0.6) is 0 Å². The van der Waals surface area contributed by atoms with Gasteiger partial charge in [0.05, 0.1) is 11.7 Å². The lowest BCUT2D eigenvalue weighted by atomic mass is 9.89. The Kier molecular flexibility index (Phi) is 6.80. The second-order valence-electron chi connectivity index (χ2n) is 10.4. The van der Waals surface area contributed by atoms with E-state index in [4.69, 9.17) is 0 Å². The van der Waals surface area contributed by atoms with Crippen molar-refractivity contribution in [2.45, 2.75) is 71.8 Å². The Labute approximate surface area is 216 Å². The number of benzene rings is 2. The second kappa shape index (κ2) is 10.0. The predicted octanol–water partition coefficient (Wildman–Crippen LogP) is 6.89. The molecule has 5 rings (SSSR count). The highest BCUT2D eigenvalue weighted by molar-refractivity contribution is 7.17. The van der Waals surface area contributed by atoms with Gasteiger partial charge >= 0.3 is 0 Å². The molecule has 6 heteroatoms. The zero-order valence-electron chi connectivity index (χ0n) is 21.4. The van der Waals surface area contributed by atoms with Crippen molar-refractivity contribution in [2.24, 2.45) is 0 Å². The molecule has 0 aliphatic heterocycles. The van der Waals surface area contributed by atoms with E-state index in [1.165, 1.54) is 46.2 Å². The van der Waals surface area contributed by atoms with Crippen molar-refractivity contribution < 1.29 is 4.79 Å². The Morgan fingerprint density at radius 1 is 1.03 bits per heavy atom. The molecule has 0 bridgehead atoms. The molecule has 4 aromatic rings. The minimum atomic E-state index is -0.223. The molecule has 0 atom stereocenters. The molecule has 2 aromatic heterocycles. The van der Waals surface area contributed by atoms with Gasteiger partial charge < -0.3 is 5.32 Å². The van der Waals surface area contributed by atoms with Crippen LogP contribution in [0.25, 0.3) is 21.3 Å². The third-order valence-corrected chi connectivity index (χ3v) is 8.06. The summed E-state index contributed by atoms with van der Waals surface area (Å²) in [7, 11) is 0. The summed E-state index contributed by atoms with van der Waals surface area (Å²) in [5.41, 5.74) is 7.64. The number of aryl methyl sites for hydroxylation is 2. The van der Waals surface area contributed by atoms with E-state index >= 15 is 0 Å². The molecule has 1 amide bonds. The van der Waals surface area contributed by atoms with Gasteiger partial charge in [0, 0.05) is 16.6 Å². The van der Waals surface area contributed by atoms with E-state index in [0.29, 0.717) is 10.2 Å². The zero-order chi connectivity index (χ0) is 25.4. The smallest absolute Gasteiger partial charge is 0.263 e. The van der Waals surface area contributed by atoms with Gasteiger partial charge in [-0.3, -0.25) is 14.2 Å². The quantitative estimate of drug-likeness (QED) is 0.314. The summed E-state index contributed by atoms with van der Waals surface area (Å²) < 4.78 is 1.43. The molecule has 2 heterocycles. The first-order chi connectivity index (χ1) is 17.3. The van der Waals surface area contributed by atoms with Crippen LogP contribution in [-0.4, -0.2) is 15.5 Å². The van der Waals surface area contributed by atoms with Crippen molar-refractivity contribution >= 4 is 33.1 Å². The van der Waals surface area contributed by atoms with Crippen molar-refractivity contribution in [2.75, 3.05) is 5.32 Å². The summed E-state index contributed by atoms with van der Waals surface area (Å²) in [6, 6.07) is 12.7. The SMILES string of the molecule is CC(C)c1cccc(C(C)C)c1NC(=O)Cn1cnc2scc(-c3ccc4c(c3)CCCC4)c2c1=O. The molecule has 186 valence electrons. The summed E-state index contributed by atoms with van der Waals surface area (Å²) >= 11 is 1.48. The topological polar surface area (TPSA) is 64.0 Å². The Bertz CT molecular complexity index is 1470. The van der Waals surface area contributed by atoms with Gasteiger partial charge in [-0.25, -0.2) is 4.98 Å². The van der Waals surface area contributed by atoms with Crippen molar-refractivity contribution in [3.05, 3.63) is 80.7 Å². The van der Waals surface area contributed by atoms with Crippen LogP contribution in [0, 0.1) is 0 Å². The molecule has 5 nitrogen and oxygen atoms in total. The number of rotatable bonds is 6. The average molecular weight is 500 g/mol. The lowest BCUT2D eigenvalue weighted by Crippen LogP contribution is -2.28. The number of nitrogens with one attached hydrogen (secondary N) is 1. The van der Waals surface area contributed by atoms with Crippen LogP contribution in [-0.2, 0) is 24.2 Å². The lowest BCUT2D eigenvalue weighted by molar-refractivity contribution is -0.116. The van der Waals surface area contributed by atoms with Crippen LogP contribution in [0.4, 0.5) is 5.69 Å². The van der Waals surface area contributed by atoms with Crippen LogP contribution in [0.15, 0.2) is 52.9 Å². The fourth-order valence-electron chi connectivity index (χ4n) is 5.22. The monoisotopic (exact) mass is 499 g/mol.